The molecule has 1 aliphatic rings. The van der Waals surface area contributed by atoms with Crippen molar-refractivity contribution in [3.8, 4) is 5.69 Å². The van der Waals surface area contributed by atoms with Crippen molar-refractivity contribution in [1.29, 1.82) is 0 Å². The molecule has 1 aromatic heterocycles. The molecule has 3 rings (SSSR count). The van der Waals surface area contributed by atoms with Crippen LogP contribution in [0.2, 0.25) is 0 Å². The molecule has 1 N–H and O–H groups in total. The normalized spacial score (nSPS) is 18.3. The molecule has 0 spiro atoms. The van der Waals surface area contributed by atoms with Crippen LogP contribution in [0.25, 0.3) is 5.69 Å². The zero-order chi connectivity index (χ0) is 11.7. The molecule has 0 bridgehead atoms. The van der Waals surface area contributed by atoms with Crippen LogP contribution < -0.4 is 5.32 Å². The number of hydrogen-bond donors (Lipinski definition) is 1. The summed E-state index contributed by atoms with van der Waals surface area (Å²) in [5.74, 6) is 0.595. The van der Waals surface area contributed by atoms with Crippen molar-refractivity contribution in [2.24, 2.45) is 0 Å². The summed E-state index contributed by atoms with van der Waals surface area (Å²) in [6, 6.07) is 10.4. The fraction of sp³-hybridized carbons (Fsp3) is 0.357. The molecule has 17 heavy (non-hydrogen) atoms. The van der Waals surface area contributed by atoms with E-state index in [1.807, 2.05) is 19.3 Å². The molecule has 0 radical (unpaired) electrons. The van der Waals surface area contributed by atoms with Crippen LogP contribution in [0, 0.1) is 0 Å². The van der Waals surface area contributed by atoms with E-state index in [0.29, 0.717) is 5.92 Å². The number of aromatic nitrogens is 2. The van der Waals surface area contributed by atoms with Crippen LogP contribution >= 0.6 is 0 Å². The van der Waals surface area contributed by atoms with Crippen molar-refractivity contribution in [2.45, 2.75) is 18.8 Å². The van der Waals surface area contributed by atoms with E-state index in [-0.39, 0.29) is 0 Å². The molecule has 88 valence electrons. The Morgan fingerprint density at radius 2 is 2.18 bits per heavy atom. The van der Waals surface area contributed by atoms with Crippen molar-refractivity contribution < 1.29 is 0 Å². The SMILES string of the molecule is CNCC1CCc2cnn(-c3ccccc3)c21. The monoisotopic (exact) mass is 227 g/mol. The minimum absolute atomic E-state index is 0.595. The number of aryl methyl sites for hydroxylation is 1. The highest BCUT2D eigenvalue weighted by molar-refractivity contribution is 5.38. The Morgan fingerprint density at radius 3 is 2.94 bits per heavy atom. The average Bonchev–Trinajstić information content (AvgIpc) is 2.94. The minimum Gasteiger partial charge on any atom is -0.319 e. The molecule has 1 aliphatic carbocycles. The highest BCUT2D eigenvalue weighted by Gasteiger charge is 2.27. The lowest BCUT2D eigenvalue weighted by Crippen LogP contribution is -2.18. The minimum atomic E-state index is 0.595. The number of benzene rings is 1. The summed E-state index contributed by atoms with van der Waals surface area (Å²) in [5.41, 5.74) is 3.97. The molecule has 1 aromatic carbocycles. The van der Waals surface area contributed by atoms with Crippen LogP contribution in [0.1, 0.15) is 23.6 Å². The quantitative estimate of drug-likeness (QED) is 0.870. The molecule has 3 heteroatoms. The van der Waals surface area contributed by atoms with Crippen molar-refractivity contribution in [3.63, 3.8) is 0 Å². The second kappa shape index (κ2) is 4.34. The lowest BCUT2D eigenvalue weighted by molar-refractivity contribution is 0.589. The van der Waals surface area contributed by atoms with Gasteiger partial charge in [0.1, 0.15) is 0 Å². The standard InChI is InChI=1S/C14H17N3/c1-15-9-11-7-8-12-10-16-17(14(11)12)13-5-3-2-4-6-13/h2-6,10-11,15H,7-9H2,1H3. The van der Waals surface area contributed by atoms with Gasteiger partial charge in [0, 0.05) is 12.5 Å². The Balaban J connectivity index is 2.03. The molecule has 3 nitrogen and oxygen atoms in total. The number of para-hydroxylation sites is 1. The van der Waals surface area contributed by atoms with Gasteiger partial charge in [0.15, 0.2) is 0 Å². The van der Waals surface area contributed by atoms with E-state index in [0.717, 1.165) is 18.7 Å². The largest absolute Gasteiger partial charge is 0.319 e. The highest BCUT2D eigenvalue weighted by Crippen LogP contribution is 2.33. The van der Waals surface area contributed by atoms with E-state index >= 15 is 0 Å². The van der Waals surface area contributed by atoms with Gasteiger partial charge in [-0.3, -0.25) is 0 Å². The highest BCUT2D eigenvalue weighted by atomic mass is 15.3. The molecule has 1 heterocycles. The van der Waals surface area contributed by atoms with Gasteiger partial charge >= 0.3 is 0 Å². The van der Waals surface area contributed by atoms with Gasteiger partial charge in [0.25, 0.3) is 0 Å². The maximum atomic E-state index is 4.53. The van der Waals surface area contributed by atoms with Gasteiger partial charge in [0.2, 0.25) is 0 Å². The van der Waals surface area contributed by atoms with Gasteiger partial charge in [-0.25, -0.2) is 4.68 Å². The number of fused-ring (bicyclic) bond motifs is 1. The number of rotatable bonds is 3. The fourth-order valence-corrected chi connectivity index (χ4v) is 2.71. The van der Waals surface area contributed by atoms with E-state index < -0.39 is 0 Å². The number of hydrogen-bond acceptors (Lipinski definition) is 2. The first kappa shape index (κ1) is 10.5. The topological polar surface area (TPSA) is 29.9 Å². The molecule has 1 unspecified atom stereocenters. The lowest BCUT2D eigenvalue weighted by atomic mass is 10.1. The first-order valence-electron chi connectivity index (χ1n) is 6.17. The summed E-state index contributed by atoms with van der Waals surface area (Å²) >= 11 is 0. The van der Waals surface area contributed by atoms with E-state index in [4.69, 9.17) is 0 Å². The summed E-state index contributed by atoms with van der Waals surface area (Å²) in [6.45, 7) is 1.03. The second-order valence-electron chi connectivity index (χ2n) is 4.60. The van der Waals surface area contributed by atoms with Crippen molar-refractivity contribution in [1.82, 2.24) is 15.1 Å². The summed E-state index contributed by atoms with van der Waals surface area (Å²) in [6.07, 6.45) is 4.42. The van der Waals surface area contributed by atoms with Crippen molar-refractivity contribution in [3.05, 3.63) is 47.8 Å². The van der Waals surface area contributed by atoms with Crippen LogP contribution in [0.15, 0.2) is 36.5 Å². The Hall–Kier alpha value is -1.61. The van der Waals surface area contributed by atoms with Crippen molar-refractivity contribution >= 4 is 0 Å². The summed E-state index contributed by atoms with van der Waals surface area (Å²) in [7, 11) is 2.02. The maximum Gasteiger partial charge on any atom is 0.0649 e. The first-order valence-corrected chi connectivity index (χ1v) is 6.17. The number of likely N-dealkylation sites (N-methyl/N-ethyl adjacent to an activating group) is 1. The molecule has 0 fully saturated rings. The molecule has 0 aliphatic heterocycles. The third kappa shape index (κ3) is 1.76. The molecule has 0 saturated carbocycles. The summed E-state index contributed by atoms with van der Waals surface area (Å²) < 4.78 is 2.10. The van der Waals surface area contributed by atoms with Gasteiger partial charge in [-0.15, -0.1) is 0 Å². The second-order valence-corrected chi connectivity index (χ2v) is 4.60. The van der Waals surface area contributed by atoms with Crippen LogP contribution in [-0.4, -0.2) is 23.4 Å². The predicted molar refractivity (Wildman–Crippen MR) is 68.6 cm³/mol. The molecule has 1 atom stereocenters. The molecular weight excluding hydrogens is 210 g/mol. The predicted octanol–water partition coefficient (Wildman–Crippen LogP) is 2.12. The first-order chi connectivity index (χ1) is 8.40. The Labute approximate surface area is 101 Å². The maximum absolute atomic E-state index is 4.53. The van der Waals surface area contributed by atoms with Crippen LogP contribution in [0.3, 0.4) is 0 Å². The van der Waals surface area contributed by atoms with Gasteiger partial charge in [-0.2, -0.15) is 5.10 Å². The van der Waals surface area contributed by atoms with Gasteiger partial charge in [0.05, 0.1) is 17.6 Å². The lowest BCUT2D eigenvalue weighted by Gasteiger charge is -2.13. The smallest absolute Gasteiger partial charge is 0.0649 e. The van der Waals surface area contributed by atoms with E-state index in [1.165, 1.54) is 17.7 Å². The van der Waals surface area contributed by atoms with Gasteiger partial charge < -0.3 is 5.32 Å². The fourth-order valence-electron chi connectivity index (χ4n) is 2.71. The van der Waals surface area contributed by atoms with Crippen LogP contribution in [0.4, 0.5) is 0 Å². The summed E-state index contributed by atoms with van der Waals surface area (Å²) in [4.78, 5) is 0. The molecule has 0 saturated heterocycles. The Morgan fingerprint density at radius 1 is 1.35 bits per heavy atom. The number of nitrogens with zero attached hydrogens (tertiary/aromatic N) is 2. The van der Waals surface area contributed by atoms with E-state index in [2.05, 4.69) is 39.4 Å². The Bertz CT molecular complexity index is 501. The van der Waals surface area contributed by atoms with Crippen LogP contribution in [0.5, 0.6) is 0 Å². The number of nitrogens with one attached hydrogen (secondary N) is 1. The molecule has 2 aromatic rings. The van der Waals surface area contributed by atoms with Crippen LogP contribution in [-0.2, 0) is 6.42 Å². The van der Waals surface area contributed by atoms with Gasteiger partial charge in [-0.05, 0) is 37.6 Å². The van der Waals surface area contributed by atoms with E-state index in [9.17, 15) is 0 Å². The molecule has 0 amide bonds. The summed E-state index contributed by atoms with van der Waals surface area (Å²) in [5, 5.41) is 7.81. The zero-order valence-electron chi connectivity index (χ0n) is 10.1. The molecular formula is C14H17N3. The van der Waals surface area contributed by atoms with E-state index in [1.54, 1.807) is 0 Å². The van der Waals surface area contributed by atoms with Crippen molar-refractivity contribution in [2.75, 3.05) is 13.6 Å². The zero-order valence-corrected chi connectivity index (χ0v) is 10.1. The average molecular weight is 227 g/mol. The Kier molecular flexibility index (Phi) is 2.69. The van der Waals surface area contributed by atoms with Gasteiger partial charge in [-0.1, -0.05) is 18.2 Å². The third-order valence-corrected chi connectivity index (χ3v) is 3.49. The third-order valence-electron chi connectivity index (χ3n) is 3.49.